The van der Waals surface area contributed by atoms with Gasteiger partial charge in [0.1, 0.15) is 27.5 Å². The minimum atomic E-state index is -1.50. The van der Waals surface area contributed by atoms with Crippen LogP contribution in [0.1, 0.15) is 33.4 Å². The first-order valence-electron chi connectivity index (χ1n) is 5.49. The maximum Gasteiger partial charge on any atom is 0.145 e. The zero-order valence-electron chi connectivity index (χ0n) is 10.8. The van der Waals surface area contributed by atoms with Gasteiger partial charge in [0.25, 0.3) is 0 Å². The Hall–Kier alpha value is -0.620. The lowest BCUT2D eigenvalue weighted by atomic mass is 10.2. The fourth-order valence-corrected chi connectivity index (χ4v) is 2.14. The minimum Gasteiger partial charge on any atom is -0.241 e. The minimum absolute atomic E-state index is 0.115. The summed E-state index contributed by atoms with van der Waals surface area (Å²) in [6.07, 6.45) is -1.32. The number of alkyl halides is 1. The van der Waals surface area contributed by atoms with Gasteiger partial charge in [0.15, 0.2) is 0 Å². The van der Waals surface area contributed by atoms with Gasteiger partial charge in [-0.15, -0.1) is 0 Å². The molecule has 1 aromatic rings. The van der Waals surface area contributed by atoms with Gasteiger partial charge < -0.3 is 0 Å². The quantitative estimate of drug-likeness (QED) is 0.627. The van der Waals surface area contributed by atoms with Crippen molar-refractivity contribution < 1.29 is 8.60 Å². The summed E-state index contributed by atoms with van der Waals surface area (Å²) in [6.45, 7) is 6.74. The molecule has 18 heavy (non-hydrogen) atoms. The lowest BCUT2D eigenvalue weighted by Gasteiger charge is -2.15. The number of hydrogen-bond donors (Lipinski definition) is 0. The lowest BCUT2D eigenvalue weighted by molar-refractivity contribution is 0.454. The molecule has 1 heterocycles. The number of halogens is 2. The van der Waals surface area contributed by atoms with Crippen molar-refractivity contribution in [2.24, 2.45) is 4.40 Å². The third kappa shape index (κ3) is 4.24. The maximum absolute atomic E-state index is 13.6. The van der Waals surface area contributed by atoms with E-state index in [0.29, 0.717) is 10.3 Å². The van der Waals surface area contributed by atoms with Crippen LogP contribution < -0.4 is 0 Å². The monoisotopic (exact) mass is 334 g/mol. The Balaban J connectivity index is 3.20. The van der Waals surface area contributed by atoms with Crippen LogP contribution >= 0.6 is 15.9 Å². The summed E-state index contributed by atoms with van der Waals surface area (Å²) in [5, 5.41) is 0. The van der Waals surface area contributed by atoms with E-state index in [1.54, 1.807) is 39.0 Å². The van der Waals surface area contributed by atoms with Crippen molar-refractivity contribution >= 4 is 32.6 Å². The summed E-state index contributed by atoms with van der Waals surface area (Å²) >= 11 is 3.22. The number of aromatic nitrogens is 1. The zero-order chi connectivity index (χ0) is 13.9. The molecule has 0 aliphatic carbocycles. The molecular weight excluding hydrogens is 319 g/mol. The summed E-state index contributed by atoms with van der Waals surface area (Å²) < 4.78 is 29.6. The van der Waals surface area contributed by atoms with Crippen LogP contribution in [0.3, 0.4) is 0 Å². The molecule has 0 fully saturated rings. The summed E-state index contributed by atoms with van der Waals surface area (Å²) in [7, 11) is -1.50. The van der Waals surface area contributed by atoms with E-state index in [1.807, 2.05) is 0 Å². The van der Waals surface area contributed by atoms with E-state index in [1.165, 1.54) is 6.92 Å². The fraction of sp³-hybridized carbons (Fsp3) is 0.500. The Bertz CT molecular complexity index is 483. The molecule has 0 saturated carbocycles. The van der Waals surface area contributed by atoms with Crippen LogP contribution in [-0.2, 0) is 11.0 Å². The first-order chi connectivity index (χ1) is 8.21. The molecule has 2 atom stereocenters. The standard InChI is InChI=1S/C12H16BrFN2OS/c1-8(14)11(16-18(17)12(2,3)4)9-6-5-7-10(13)15-9/h5-8H,1-4H3/b16-11-/t8?,18-/m1/s1. The first kappa shape index (κ1) is 15.4. The molecule has 6 heteroatoms. The van der Waals surface area contributed by atoms with Crippen molar-refractivity contribution in [2.45, 2.75) is 38.6 Å². The smallest absolute Gasteiger partial charge is 0.145 e. The van der Waals surface area contributed by atoms with E-state index >= 15 is 0 Å². The van der Waals surface area contributed by atoms with Crippen molar-refractivity contribution in [2.75, 3.05) is 0 Å². The van der Waals surface area contributed by atoms with Crippen LogP contribution in [0.15, 0.2) is 27.2 Å². The van der Waals surface area contributed by atoms with Crippen molar-refractivity contribution in [3.8, 4) is 0 Å². The molecule has 0 saturated heterocycles. The van der Waals surface area contributed by atoms with Gasteiger partial charge in [-0.1, -0.05) is 6.07 Å². The second-order valence-electron chi connectivity index (χ2n) is 4.80. The van der Waals surface area contributed by atoms with E-state index in [0.717, 1.165) is 0 Å². The maximum atomic E-state index is 13.6. The molecule has 0 aliphatic rings. The van der Waals surface area contributed by atoms with E-state index in [2.05, 4.69) is 25.3 Å². The van der Waals surface area contributed by atoms with E-state index in [4.69, 9.17) is 0 Å². The predicted molar refractivity (Wildman–Crippen MR) is 76.9 cm³/mol. The van der Waals surface area contributed by atoms with Crippen LogP contribution in [0.25, 0.3) is 0 Å². The highest BCUT2D eigenvalue weighted by atomic mass is 79.9. The predicted octanol–water partition coefficient (Wildman–Crippen LogP) is 3.45. The molecule has 3 nitrogen and oxygen atoms in total. The average Bonchev–Trinajstić information content (AvgIpc) is 2.23. The Kier molecular flexibility index (Phi) is 5.16. The molecule has 0 amide bonds. The number of pyridine rings is 1. The zero-order valence-corrected chi connectivity index (χ0v) is 13.2. The summed E-state index contributed by atoms with van der Waals surface area (Å²) in [4.78, 5) is 4.14. The molecule has 0 aliphatic heterocycles. The van der Waals surface area contributed by atoms with Gasteiger partial charge in [-0.05, 0) is 55.8 Å². The van der Waals surface area contributed by atoms with Gasteiger partial charge in [-0.25, -0.2) is 13.6 Å². The van der Waals surface area contributed by atoms with Gasteiger partial charge in [0, 0.05) is 0 Å². The second-order valence-corrected chi connectivity index (χ2v) is 7.52. The van der Waals surface area contributed by atoms with Gasteiger partial charge in [-0.2, -0.15) is 4.40 Å². The van der Waals surface area contributed by atoms with E-state index in [-0.39, 0.29) is 5.71 Å². The van der Waals surface area contributed by atoms with Gasteiger partial charge in [0.05, 0.1) is 10.4 Å². The van der Waals surface area contributed by atoms with Crippen LogP contribution in [-0.4, -0.2) is 25.8 Å². The lowest BCUT2D eigenvalue weighted by Crippen LogP contribution is -2.24. The highest BCUT2D eigenvalue weighted by Crippen LogP contribution is 2.16. The Morgan fingerprint density at radius 2 is 2.11 bits per heavy atom. The molecule has 100 valence electrons. The van der Waals surface area contributed by atoms with Crippen LogP contribution in [0.5, 0.6) is 0 Å². The van der Waals surface area contributed by atoms with Crippen LogP contribution in [0, 0.1) is 0 Å². The number of rotatable bonds is 3. The molecular formula is C12H16BrFN2OS. The van der Waals surface area contributed by atoms with Crippen molar-refractivity contribution in [3.63, 3.8) is 0 Å². The van der Waals surface area contributed by atoms with Crippen molar-refractivity contribution in [1.82, 2.24) is 4.98 Å². The Labute approximate surface area is 118 Å². The van der Waals surface area contributed by atoms with Gasteiger partial charge in [-0.3, -0.25) is 0 Å². The SMILES string of the molecule is CC(F)/C(=N/[S@](=O)C(C)(C)C)c1cccc(Br)n1. The van der Waals surface area contributed by atoms with Gasteiger partial charge in [0.2, 0.25) is 0 Å². The Morgan fingerprint density at radius 1 is 1.50 bits per heavy atom. The average molecular weight is 335 g/mol. The molecule has 0 spiro atoms. The highest BCUT2D eigenvalue weighted by molar-refractivity contribution is 9.10. The molecule has 1 unspecified atom stereocenters. The van der Waals surface area contributed by atoms with Crippen LogP contribution in [0.2, 0.25) is 0 Å². The second kappa shape index (κ2) is 6.02. The third-order valence-corrected chi connectivity index (χ3v) is 3.91. The van der Waals surface area contributed by atoms with Crippen LogP contribution in [0.4, 0.5) is 4.39 Å². The molecule has 0 radical (unpaired) electrons. The number of hydrogen-bond acceptors (Lipinski definition) is 2. The first-order valence-corrected chi connectivity index (χ1v) is 7.39. The fourth-order valence-electron chi connectivity index (χ4n) is 1.10. The largest absolute Gasteiger partial charge is 0.241 e. The highest BCUT2D eigenvalue weighted by Gasteiger charge is 2.22. The van der Waals surface area contributed by atoms with Crippen molar-refractivity contribution in [3.05, 3.63) is 28.5 Å². The molecule has 1 rings (SSSR count). The topological polar surface area (TPSA) is 42.3 Å². The molecule has 0 bridgehead atoms. The molecule has 1 aromatic heterocycles. The molecule has 0 N–H and O–H groups in total. The summed E-state index contributed by atoms with van der Waals surface area (Å²) in [5.41, 5.74) is 0.515. The van der Waals surface area contributed by atoms with Crippen molar-refractivity contribution in [1.29, 1.82) is 0 Å². The van der Waals surface area contributed by atoms with E-state index < -0.39 is 21.9 Å². The van der Waals surface area contributed by atoms with E-state index in [9.17, 15) is 8.60 Å². The summed E-state index contributed by atoms with van der Waals surface area (Å²) in [5.74, 6) is 0. The Morgan fingerprint density at radius 3 is 2.56 bits per heavy atom. The summed E-state index contributed by atoms with van der Waals surface area (Å²) in [6, 6.07) is 5.13. The normalized spacial score (nSPS) is 16.4. The van der Waals surface area contributed by atoms with Gasteiger partial charge >= 0.3 is 0 Å². The molecule has 0 aromatic carbocycles. The third-order valence-electron chi connectivity index (χ3n) is 2.06. The number of nitrogens with zero attached hydrogens (tertiary/aromatic N) is 2.